The number of nitrogens with two attached hydrogens (primary N) is 2. The molecule has 0 spiro atoms. The third-order valence-corrected chi connectivity index (χ3v) is 6.47. The molecule has 6 atom stereocenters. The first kappa shape index (κ1) is 28.3. The highest BCUT2D eigenvalue weighted by atomic mass is 16.4. The summed E-state index contributed by atoms with van der Waals surface area (Å²) < 4.78 is 0. The molecule has 33 heavy (non-hydrogen) atoms. The Morgan fingerprint density at radius 3 is 2.15 bits per heavy atom. The number of nitrogens with zero attached hydrogens (tertiary/aromatic N) is 1. The van der Waals surface area contributed by atoms with E-state index in [0.29, 0.717) is 25.7 Å². The Kier molecular flexibility index (Phi) is 11.3. The molecular weight excluding hydrogens is 430 g/mol. The Hall–Kier alpha value is -2.69. The van der Waals surface area contributed by atoms with Gasteiger partial charge in [0.25, 0.3) is 0 Å². The maximum absolute atomic E-state index is 13.2. The zero-order chi connectivity index (χ0) is 25.3. The number of hydrogen-bond donors (Lipinski definition) is 5. The van der Waals surface area contributed by atoms with Crippen LogP contribution in [0.25, 0.3) is 0 Å². The Morgan fingerprint density at radius 2 is 1.64 bits per heavy atom. The number of hydrogen-bond acceptors (Lipinski definition) is 6. The number of amides is 4. The summed E-state index contributed by atoms with van der Waals surface area (Å²) in [4.78, 5) is 63.0. The van der Waals surface area contributed by atoms with Gasteiger partial charge in [-0.15, -0.1) is 0 Å². The normalized spacial score (nSPS) is 20.3. The van der Waals surface area contributed by atoms with E-state index in [1.807, 2.05) is 20.8 Å². The summed E-state index contributed by atoms with van der Waals surface area (Å²) in [5, 5.41) is 14.7. The van der Waals surface area contributed by atoms with E-state index >= 15 is 0 Å². The van der Waals surface area contributed by atoms with Crippen LogP contribution in [0.1, 0.15) is 66.2 Å². The summed E-state index contributed by atoms with van der Waals surface area (Å²) in [6.45, 7) is 7.65. The van der Waals surface area contributed by atoms with Crippen molar-refractivity contribution in [3.63, 3.8) is 0 Å². The molecular formula is C22H39N5O6. The van der Waals surface area contributed by atoms with E-state index in [9.17, 15) is 29.1 Å². The van der Waals surface area contributed by atoms with Gasteiger partial charge < -0.3 is 32.1 Å². The number of carboxylic acids is 1. The lowest BCUT2D eigenvalue weighted by atomic mass is 9.95. The molecule has 1 saturated heterocycles. The van der Waals surface area contributed by atoms with Gasteiger partial charge in [-0.3, -0.25) is 19.2 Å². The minimum Gasteiger partial charge on any atom is -0.480 e. The standard InChI is InChI=1S/C22H39N5O6/c1-5-12(3)17(24)19(29)26-18(13(4)6-2)20(30)25-14(9-10-16(23)28)21(31)27-11-7-8-15(27)22(32)33/h12-15,17-18H,5-11,24H2,1-4H3,(H2,23,28)(H,25,30)(H,26,29)(H,32,33). The van der Waals surface area contributed by atoms with Gasteiger partial charge in [-0.05, 0) is 31.1 Å². The van der Waals surface area contributed by atoms with Crippen molar-refractivity contribution >= 4 is 29.6 Å². The fourth-order valence-electron chi connectivity index (χ4n) is 3.76. The summed E-state index contributed by atoms with van der Waals surface area (Å²) >= 11 is 0. The van der Waals surface area contributed by atoms with Crippen molar-refractivity contribution in [2.24, 2.45) is 23.3 Å². The van der Waals surface area contributed by atoms with Gasteiger partial charge in [-0.1, -0.05) is 40.5 Å². The van der Waals surface area contributed by atoms with Crippen molar-refractivity contribution in [3.8, 4) is 0 Å². The van der Waals surface area contributed by atoms with Crippen molar-refractivity contribution in [1.29, 1.82) is 0 Å². The van der Waals surface area contributed by atoms with Crippen molar-refractivity contribution in [3.05, 3.63) is 0 Å². The van der Waals surface area contributed by atoms with E-state index in [1.54, 1.807) is 6.92 Å². The molecule has 11 nitrogen and oxygen atoms in total. The molecule has 0 bridgehead atoms. The zero-order valence-electron chi connectivity index (χ0n) is 20.0. The topological polar surface area (TPSA) is 185 Å². The van der Waals surface area contributed by atoms with Gasteiger partial charge >= 0.3 is 5.97 Å². The fourth-order valence-corrected chi connectivity index (χ4v) is 3.76. The first-order chi connectivity index (χ1) is 15.4. The Labute approximate surface area is 195 Å². The average molecular weight is 470 g/mol. The molecule has 11 heteroatoms. The smallest absolute Gasteiger partial charge is 0.326 e. The second-order valence-electron chi connectivity index (χ2n) is 8.88. The molecule has 0 aromatic rings. The average Bonchev–Trinajstić information content (AvgIpc) is 3.27. The largest absolute Gasteiger partial charge is 0.480 e. The number of carboxylic acid groups (broad SMARTS) is 1. The number of likely N-dealkylation sites (tertiary alicyclic amines) is 1. The van der Waals surface area contributed by atoms with E-state index in [0.717, 1.165) is 0 Å². The zero-order valence-corrected chi connectivity index (χ0v) is 20.0. The van der Waals surface area contributed by atoms with Gasteiger partial charge in [-0.2, -0.15) is 0 Å². The molecule has 0 aliphatic carbocycles. The number of primary amides is 1. The molecule has 1 heterocycles. The highest BCUT2D eigenvalue weighted by Gasteiger charge is 2.39. The number of rotatable bonds is 13. The minimum absolute atomic E-state index is 0.0731. The minimum atomic E-state index is -1.14. The fraction of sp³-hybridized carbons (Fsp3) is 0.773. The summed E-state index contributed by atoms with van der Waals surface area (Å²) in [6, 6.07) is -3.86. The molecule has 1 aliphatic rings. The molecule has 0 saturated carbocycles. The third-order valence-electron chi connectivity index (χ3n) is 6.47. The summed E-state index contributed by atoms with van der Waals surface area (Å²) in [5.41, 5.74) is 11.2. The number of carbonyl (C=O) groups excluding carboxylic acids is 4. The van der Waals surface area contributed by atoms with Crippen molar-refractivity contribution < 1.29 is 29.1 Å². The highest BCUT2D eigenvalue weighted by Crippen LogP contribution is 2.20. The van der Waals surface area contributed by atoms with Crippen LogP contribution in [-0.2, 0) is 24.0 Å². The van der Waals surface area contributed by atoms with Crippen molar-refractivity contribution in [2.45, 2.75) is 90.4 Å². The molecule has 0 aromatic carbocycles. The number of carbonyl (C=O) groups is 5. The maximum atomic E-state index is 13.2. The van der Waals surface area contributed by atoms with Crippen molar-refractivity contribution in [2.75, 3.05) is 6.54 Å². The maximum Gasteiger partial charge on any atom is 0.326 e. The molecule has 6 unspecified atom stereocenters. The monoisotopic (exact) mass is 469 g/mol. The summed E-state index contributed by atoms with van der Waals surface area (Å²) in [6.07, 6.45) is 1.87. The second kappa shape index (κ2) is 13.1. The van der Waals surface area contributed by atoms with Gasteiger partial charge in [0.05, 0.1) is 6.04 Å². The Balaban J connectivity index is 3.07. The third kappa shape index (κ3) is 7.99. The van der Waals surface area contributed by atoms with Crippen LogP contribution in [0, 0.1) is 11.8 Å². The van der Waals surface area contributed by atoms with Crippen LogP contribution in [-0.4, -0.2) is 70.3 Å². The van der Waals surface area contributed by atoms with E-state index in [-0.39, 0.29) is 31.2 Å². The molecule has 4 amide bonds. The van der Waals surface area contributed by atoms with Crippen LogP contribution in [0.3, 0.4) is 0 Å². The molecule has 0 radical (unpaired) electrons. The van der Waals surface area contributed by atoms with Gasteiger partial charge in [0, 0.05) is 13.0 Å². The van der Waals surface area contributed by atoms with Crippen LogP contribution >= 0.6 is 0 Å². The molecule has 1 aliphatic heterocycles. The first-order valence-electron chi connectivity index (χ1n) is 11.6. The molecule has 188 valence electrons. The molecule has 7 N–H and O–H groups in total. The van der Waals surface area contributed by atoms with E-state index in [1.165, 1.54) is 4.90 Å². The van der Waals surface area contributed by atoms with Gasteiger partial charge in [0.2, 0.25) is 23.6 Å². The predicted octanol–water partition coefficient (Wildman–Crippen LogP) is -0.283. The van der Waals surface area contributed by atoms with Gasteiger partial charge in [0.1, 0.15) is 18.1 Å². The van der Waals surface area contributed by atoms with Crippen LogP contribution in [0.4, 0.5) is 0 Å². The lowest BCUT2D eigenvalue weighted by Crippen LogP contribution is -2.59. The van der Waals surface area contributed by atoms with Crippen molar-refractivity contribution in [1.82, 2.24) is 15.5 Å². The van der Waals surface area contributed by atoms with Crippen LogP contribution in [0.2, 0.25) is 0 Å². The van der Waals surface area contributed by atoms with E-state index in [4.69, 9.17) is 11.5 Å². The summed E-state index contributed by atoms with van der Waals surface area (Å²) in [5.74, 6) is -3.75. The lowest BCUT2D eigenvalue weighted by molar-refractivity contribution is -0.149. The van der Waals surface area contributed by atoms with Gasteiger partial charge in [-0.25, -0.2) is 4.79 Å². The SMILES string of the molecule is CCC(C)C(N)C(=O)NC(C(=O)NC(CCC(N)=O)C(=O)N1CCCC1C(=O)O)C(C)CC. The van der Waals surface area contributed by atoms with Crippen LogP contribution in [0.15, 0.2) is 0 Å². The van der Waals surface area contributed by atoms with Crippen LogP contribution < -0.4 is 22.1 Å². The van der Waals surface area contributed by atoms with E-state index < -0.39 is 53.8 Å². The lowest BCUT2D eigenvalue weighted by Gasteiger charge is -2.30. The molecule has 1 rings (SSSR count). The molecule has 1 fully saturated rings. The quantitative estimate of drug-likeness (QED) is 0.245. The Morgan fingerprint density at radius 1 is 1.03 bits per heavy atom. The second-order valence-corrected chi connectivity index (χ2v) is 8.88. The predicted molar refractivity (Wildman–Crippen MR) is 122 cm³/mol. The number of nitrogens with one attached hydrogen (secondary N) is 2. The Bertz CT molecular complexity index is 730. The number of aliphatic carboxylic acids is 1. The summed E-state index contributed by atoms with van der Waals surface area (Å²) in [7, 11) is 0. The highest BCUT2D eigenvalue weighted by molar-refractivity contribution is 5.94. The molecule has 0 aromatic heterocycles. The van der Waals surface area contributed by atoms with E-state index in [2.05, 4.69) is 10.6 Å². The first-order valence-corrected chi connectivity index (χ1v) is 11.6. The van der Waals surface area contributed by atoms with Crippen LogP contribution in [0.5, 0.6) is 0 Å². The van der Waals surface area contributed by atoms with Gasteiger partial charge in [0.15, 0.2) is 0 Å².